The van der Waals surface area contributed by atoms with E-state index in [-0.39, 0.29) is 16.7 Å². The van der Waals surface area contributed by atoms with Gasteiger partial charge in [0.1, 0.15) is 12.2 Å². The second-order valence-electron chi connectivity index (χ2n) is 12.5. The van der Waals surface area contributed by atoms with Gasteiger partial charge in [0, 0.05) is 12.3 Å². The highest BCUT2D eigenvalue weighted by Gasteiger charge is 2.54. The molecule has 2 rings (SSSR count). The molecule has 1 aliphatic heterocycles. The van der Waals surface area contributed by atoms with Crippen LogP contribution in [0.15, 0.2) is 21.9 Å². The third-order valence-electron chi connectivity index (χ3n) is 7.55. The molecule has 10 nitrogen and oxygen atoms in total. The first-order valence-corrected chi connectivity index (χ1v) is 19.2. The Morgan fingerprint density at radius 3 is 2.05 bits per heavy atom. The first-order valence-electron chi connectivity index (χ1n) is 12.3. The molecule has 218 valence electrons. The minimum Gasteiger partial charge on any atom is -0.440 e. The molecule has 15 heteroatoms. The van der Waals surface area contributed by atoms with E-state index in [4.69, 9.17) is 53.1 Å². The number of aromatic nitrogens is 2. The van der Waals surface area contributed by atoms with Crippen LogP contribution in [0.5, 0.6) is 0 Å². The molecule has 1 fully saturated rings. The van der Waals surface area contributed by atoms with Gasteiger partial charge in [0.05, 0.1) is 6.61 Å². The zero-order chi connectivity index (χ0) is 29.5. The van der Waals surface area contributed by atoms with Crippen LogP contribution in [-0.2, 0) is 18.3 Å². The summed E-state index contributed by atoms with van der Waals surface area (Å²) in [7, 11) is -4.77. The SMILES string of the molecule is CC(C)(C)[Si](C)(C)OC[C@H]1O[C@@H](n2ccc(=O)[nH]c2=O)[C@H](O[Si](C)(C)C(C)(C)C)[C@@H]1OC(=O)NC(Cl)(Cl)Cl. The lowest BCUT2D eigenvalue weighted by molar-refractivity contribution is -0.0520. The van der Waals surface area contributed by atoms with Gasteiger partial charge in [-0.3, -0.25) is 19.7 Å². The van der Waals surface area contributed by atoms with Crippen molar-refractivity contribution in [1.29, 1.82) is 0 Å². The van der Waals surface area contributed by atoms with Gasteiger partial charge >= 0.3 is 11.8 Å². The summed E-state index contributed by atoms with van der Waals surface area (Å²) in [5, 5.41) is 1.81. The predicted molar refractivity (Wildman–Crippen MR) is 154 cm³/mol. The number of ether oxygens (including phenoxy) is 2. The summed E-state index contributed by atoms with van der Waals surface area (Å²) in [6, 6.07) is 1.21. The molecule has 1 aromatic heterocycles. The molecule has 0 unspecified atom stereocenters. The van der Waals surface area contributed by atoms with Crippen molar-refractivity contribution in [3.05, 3.63) is 33.1 Å². The van der Waals surface area contributed by atoms with Crippen LogP contribution >= 0.6 is 34.8 Å². The van der Waals surface area contributed by atoms with E-state index in [0.29, 0.717) is 0 Å². The Kier molecular flexibility index (Phi) is 10.1. The molecule has 0 radical (unpaired) electrons. The summed E-state index contributed by atoms with van der Waals surface area (Å²) < 4.78 is 24.3. The van der Waals surface area contributed by atoms with Gasteiger partial charge < -0.3 is 18.3 Å². The Labute approximate surface area is 240 Å². The molecule has 1 saturated heterocycles. The second-order valence-corrected chi connectivity index (χ2v) is 24.3. The van der Waals surface area contributed by atoms with Crippen LogP contribution in [0.25, 0.3) is 0 Å². The number of nitrogens with one attached hydrogen (secondary N) is 2. The summed E-state index contributed by atoms with van der Waals surface area (Å²) >= 11 is 17.2. The molecule has 0 saturated carbocycles. The number of H-pyrrole nitrogens is 1. The fraction of sp³-hybridized carbons (Fsp3) is 0.783. The van der Waals surface area contributed by atoms with Crippen molar-refractivity contribution in [2.24, 2.45) is 0 Å². The Balaban J connectivity index is 2.58. The van der Waals surface area contributed by atoms with E-state index in [2.05, 4.69) is 64.9 Å². The lowest BCUT2D eigenvalue weighted by Crippen LogP contribution is -2.52. The number of amides is 1. The largest absolute Gasteiger partial charge is 0.440 e. The maximum absolute atomic E-state index is 12.8. The van der Waals surface area contributed by atoms with Crippen LogP contribution in [0.2, 0.25) is 36.3 Å². The molecule has 0 aliphatic carbocycles. The average molecular weight is 633 g/mol. The zero-order valence-corrected chi connectivity index (χ0v) is 27.9. The van der Waals surface area contributed by atoms with Crippen LogP contribution in [0.3, 0.4) is 0 Å². The Hall–Kier alpha value is -0.866. The summed E-state index contributed by atoms with van der Waals surface area (Å²) in [6.07, 6.45) is -3.52. The number of alkyl halides is 3. The smallest absolute Gasteiger partial charge is 0.410 e. The van der Waals surface area contributed by atoms with E-state index in [1.165, 1.54) is 16.8 Å². The maximum atomic E-state index is 12.8. The van der Waals surface area contributed by atoms with E-state index in [0.717, 1.165) is 0 Å². The van der Waals surface area contributed by atoms with Crippen molar-refractivity contribution in [1.82, 2.24) is 14.9 Å². The second kappa shape index (κ2) is 11.6. The van der Waals surface area contributed by atoms with Crippen molar-refractivity contribution >= 4 is 57.5 Å². The fourth-order valence-electron chi connectivity index (χ4n) is 3.25. The number of halogens is 3. The van der Waals surface area contributed by atoms with Crippen LogP contribution in [0, 0.1) is 0 Å². The monoisotopic (exact) mass is 631 g/mol. The number of nitrogens with zero attached hydrogens (tertiary/aromatic N) is 1. The molecule has 0 bridgehead atoms. The van der Waals surface area contributed by atoms with Gasteiger partial charge in [-0.05, 0) is 36.3 Å². The highest BCUT2D eigenvalue weighted by Crippen LogP contribution is 2.43. The van der Waals surface area contributed by atoms with Crippen molar-refractivity contribution in [3.8, 4) is 0 Å². The third kappa shape index (κ3) is 8.32. The highest BCUT2D eigenvalue weighted by atomic mass is 35.6. The van der Waals surface area contributed by atoms with Crippen LogP contribution in [-0.4, -0.2) is 61.1 Å². The van der Waals surface area contributed by atoms with Crippen molar-refractivity contribution in [2.45, 2.75) is 106 Å². The summed E-state index contributed by atoms with van der Waals surface area (Å²) in [5.41, 5.74) is -1.25. The molecule has 1 aromatic rings. The molecule has 4 atom stereocenters. The number of hydrogen-bond donors (Lipinski definition) is 2. The maximum Gasteiger partial charge on any atom is 0.410 e. The topological polar surface area (TPSA) is 121 Å². The molecule has 1 amide bonds. The summed E-state index contributed by atoms with van der Waals surface area (Å²) in [4.78, 5) is 39.5. The van der Waals surface area contributed by atoms with Gasteiger partial charge in [-0.2, -0.15) is 0 Å². The first kappa shape index (κ1) is 33.3. The molecule has 2 heterocycles. The van der Waals surface area contributed by atoms with Crippen LogP contribution < -0.4 is 16.6 Å². The van der Waals surface area contributed by atoms with Gasteiger partial charge in [0.2, 0.25) is 0 Å². The van der Waals surface area contributed by atoms with Crippen molar-refractivity contribution < 1.29 is 23.1 Å². The number of carbonyl (C=O) groups excluding carboxylic acids is 1. The van der Waals surface area contributed by atoms with Gasteiger partial charge in [0.15, 0.2) is 29.0 Å². The number of hydrogen-bond acceptors (Lipinski definition) is 7. The highest BCUT2D eigenvalue weighted by molar-refractivity contribution is 6.74. The average Bonchev–Trinajstić information content (AvgIpc) is 2.99. The first-order chi connectivity index (χ1) is 17.0. The molecule has 0 aromatic carbocycles. The predicted octanol–water partition coefficient (Wildman–Crippen LogP) is 5.27. The van der Waals surface area contributed by atoms with E-state index in [1.54, 1.807) is 0 Å². The van der Waals surface area contributed by atoms with E-state index >= 15 is 0 Å². The van der Waals surface area contributed by atoms with E-state index in [1.807, 2.05) is 13.1 Å². The normalized spacial score (nSPS) is 23.4. The zero-order valence-electron chi connectivity index (χ0n) is 23.6. The Morgan fingerprint density at radius 2 is 1.58 bits per heavy atom. The molecule has 2 N–H and O–H groups in total. The van der Waals surface area contributed by atoms with Crippen LogP contribution in [0.4, 0.5) is 4.79 Å². The number of aromatic amines is 1. The van der Waals surface area contributed by atoms with E-state index < -0.39 is 62.4 Å². The quantitative estimate of drug-likeness (QED) is 0.239. The third-order valence-corrected chi connectivity index (χ3v) is 16.8. The number of carbonyl (C=O) groups is 1. The van der Waals surface area contributed by atoms with Crippen molar-refractivity contribution in [3.63, 3.8) is 0 Å². The number of alkyl carbamates (subject to hydrolysis) is 1. The van der Waals surface area contributed by atoms with Gasteiger partial charge in [0.25, 0.3) is 9.48 Å². The molecular weight excluding hydrogens is 593 g/mol. The fourth-order valence-corrected chi connectivity index (χ4v) is 5.78. The Morgan fingerprint density at radius 1 is 1.03 bits per heavy atom. The summed E-state index contributed by atoms with van der Waals surface area (Å²) in [6.45, 7) is 20.7. The van der Waals surface area contributed by atoms with Gasteiger partial charge in [-0.25, -0.2) is 9.59 Å². The van der Waals surface area contributed by atoms with E-state index in [9.17, 15) is 14.4 Å². The molecular formula is C23H40Cl3N3O7Si2. The van der Waals surface area contributed by atoms with Crippen molar-refractivity contribution in [2.75, 3.05) is 6.61 Å². The summed E-state index contributed by atoms with van der Waals surface area (Å²) in [5.74, 6) is 0. The molecule has 38 heavy (non-hydrogen) atoms. The minimum absolute atomic E-state index is 0.0637. The lowest BCUT2D eigenvalue weighted by atomic mass is 10.1. The van der Waals surface area contributed by atoms with Gasteiger partial charge in [-0.1, -0.05) is 76.3 Å². The lowest BCUT2D eigenvalue weighted by Gasteiger charge is -2.40. The van der Waals surface area contributed by atoms with Gasteiger partial charge in [-0.15, -0.1) is 0 Å². The minimum atomic E-state index is -2.52. The molecule has 1 aliphatic rings. The number of rotatable bonds is 7. The van der Waals surface area contributed by atoms with Crippen LogP contribution in [0.1, 0.15) is 47.8 Å². The molecule has 0 spiro atoms. The Bertz CT molecular complexity index is 1110. The standard InChI is InChI=1S/C23H40Cl3N3O7Si2/c1-21(2,3)37(7,8)33-13-14-16(35-20(32)28-23(24,25)26)17(36-38(9,10)22(4,5)6)18(34-14)29-12-11-15(30)27-19(29)31/h11-12,14,16-18H,13H2,1-10H3,(H,28,32)(H,27,30,31)/t14-,16-,17-,18-/m1/s1.